The molecule has 1 aromatic rings. The Morgan fingerprint density at radius 2 is 2.27 bits per heavy atom. The highest BCUT2D eigenvalue weighted by molar-refractivity contribution is 5.27. The van der Waals surface area contributed by atoms with E-state index in [4.69, 9.17) is 10.5 Å². The van der Waals surface area contributed by atoms with Crippen LogP contribution in [0.1, 0.15) is 13.8 Å². The molecule has 0 aliphatic carbocycles. The Morgan fingerprint density at radius 3 is 2.87 bits per heavy atom. The molecule has 1 heterocycles. The van der Waals surface area contributed by atoms with Gasteiger partial charge in [0, 0.05) is 24.8 Å². The minimum atomic E-state index is 0.0970. The minimum absolute atomic E-state index is 0.0970. The molecule has 0 aliphatic rings. The highest BCUT2D eigenvalue weighted by atomic mass is 16.5. The first-order chi connectivity index (χ1) is 7.13. The molecule has 0 aromatic carbocycles. The maximum Gasteiger partial charge on any atom is 0.225 e. The van der Waals surface area contributed by atoms with Crippen LogP contribution in [0.2, 0.25) is 0 Å². The van der Waals surface area contributed by atoms with E-state index in [-0.39, 0.29) is 6.04 Å². The Kier molecular flexibility index (Phi) is 4.30. The second kappa shape index (κ2) is 5.50. The van der Waals surface area contributed by atoms with Gasteiger partial charge in [0.05, 0.1) is 7.11 Å². The zero-order valence-electron chi connectivity index (χ0n) is 9.40. The largest absolute Gasteiger partial charge is 0.481 e. The van der Waals surface area contributed by atoms with E-state index in [0.29, 0.717) is 24.3 Å². The third-order valence-electron chi connectivity index (χ3n) is 2.19. The predicted molar refractivity (Wildman–Crippen MR) is 59.9 cm³/mol. The SMILES string of the molecule is COc1ccnc(NCC(N)C(C)C)n1. The summed E-state index contributed by atoms with van der Waals surface area (Å²) < 4.78 is 4.99. The molecule has 0 amide bonds. The van der Waals surface area contributed by atoms with E-state index >= 15 is 0 Å². The van der Waals surface area contributed by atoms with Crippen LogP contribution in [-0.2, 0) is 0 Å². The zero-order chi connectivity index (χ0) is 11.3. The van der Waals surface area contributed by atoms with Crippen LogP contribution in [0.15, 0.2) is 12.3 Å². The molecule has 84 valence electrons. The van der Waals surface area contributed by atoms with Crippen molar-refractivity contribution in [2.75, 3.05) is 19.0 Å². The molecule has 0 saturated carbocycles. The van der Waals surface area contributed by atoms with Gasteiger partial charge in [-0.1, -0.05) is 13.8 Å². The van der Waals surface area contributed by atoms with Gasteiger partial charge < -0.3 is 15.8 Å². The van der Waals surface area contributed by atoms with E-state index in [2.05, 4.69) is 29.1 Å². The Labute approximate surface area is 90.1 Å². The number of nitrogens with zero attached hydrogens (tertiary/aromatic N) is 2. The second-order valence-electron chi connectivity index (χ2n) is 3.71. The number of hydrogen-bond acceptors (Lipinski definition) is 5. The van der Waals surface area contributed by atoms with E-state index < -0.39 is 0 Å². The molecule has 1 unspecified atom stereocenters. The fraction of sp³-hybridized carbons (Fsp3) is 0.600. The minimum Gasteiger partial charge on any atom is -0.481 e. The molecule has 1 rings (SSSR count). The standard InChI is InChI=1S/C10H18N4O/c1-7(2)8(11)6-13-10-12-5-4-9(14-10)15-3/h4-5,7-8H,6,11H2,1-3H3,(H,12,13,14). The van der Waals surface area contributed by atoms with Crippen molar-refractivity contribution in [1.29, 1.82) is 0 Å². The molecule has 5 nitrogen and oxygen atoms in total. The maximum absolute atomic E-state index is 5.89. The number of aromatic nitrogens is 2. The van der Waals surface area contributed by atoms with Gasteiger partial charge in [-0.25, -0.2) is 4.98 Å². The third-order valence-corrected chi connectivity index (χ3v) is 2.19. The lowest BCUT2D eigenvalue weighted by Crippen LogP contribution is -2.34. The molecule has 0 saturated heterocycles. The number of nitrogens with one attached hydrogen (secondary N) is 1. The Morgan fingerprint density at radius 1 is 1.53 bits per heavy atom. The van der Waals surface area contributed by atoms with Crippen LogP contribution in [-0.4, -0.2) is 29.7 Å². The molecule has 1 aromatic heterocycles. The van der Waals surface area contributed by atoms with Gasteiger partial charge in [0.1, 0.15) is 0 Å². The molecular formula is C10H18N4O. The van der Waals surface area contributed by atoms with Crippen molar-refractivity contribution < 1.29 is 4.74 Å². The van der Waals surface area contributed by atoms with Gasteiger partial charge in [-0.15, -0.1) is 0 Å². The van der Waals surface area contributed by atoms with Crippen molar-refractivity contribution >= 4 is 5.95 Å². The highest BCUT2D eigenvalue weighted by Gasteiger charge is 2.07. The normalized spacial score (nSPS) is 12.6. The first-order valence-electron chi connectivity index (χ1n) is 5.00. The molecule has 0 radical (unpaired) electrons. The topological polar surface area (TPSA) is 73.1 Å². The molecule has 0 bridgehead atoms. The van der Waals surface area contributed by atoms with Crippen molar-refractivity contribution in [2.45, 2.75) is 19.9 Å². The van der Waals surface area contributed by atoms with Crippen molar-refractivity contribution in [1.82, 2.24) is 9.97 Å². The lowest BCUT2D eigenvalue weighted by Gasteiger charge is -2.15. The van der Waals surface area contributed by atoms with Crippen LogP contribution >= 0.6 is 0 Å². The summed E-state index contributed by atoms with van der Waals surface area (Å²) in [4.78, 5) is 8.18. The first-order valence-corrected chi connectivity index (χ1v) is 5.00. The van der Waals surface area contributed by atoms with Crippen molar-refractivity contribution in [3.05, 3.63) is 12.3 Å². The monoisotopic (exact) mass is 210 g/mol. The molecule has 0 aliphatic heterocycles. The van der Waals surface area contributed by atoms with E-state index in [9.17, 15) is 0 Å². The highest BCUT2D eigenvalue weighted by Crippen LogP contribution is 2.07. The molecular weight excluding hydrogens is 192 g/mol. The summed E-state index contributed by atoms with van der Waals surface area (Å²) in [5.74, 6) is 1.53. The number of nitrogens with two attached hydrogens (primary N) is 1. The van der Waals surface area contributed by atoms with Gasteiger partial charge in [0.15, 0.2) is 0 Å². The fourth-order valence-corrected chi connectivity index (χ4v) is 0.986. The first kappa shape index (κ1) is 11.7. The summed E-state index contributed by atoms with van der Waals surface area (Å²) >= 11 is 0. The van der Waals surface area contributed by atoms with Gasteiger partial charge in [-0.2, -0.15) is 4.98 Å². The van der Waals surface area contributed by atoms with E-state index in [1.165, 1.54) is 0 Å². The third kappa shape index (κ3) is 3.71. The number of hydrogen-bond donors (Lipinski definition) is 2. The molecule has 15 heavy (non-hydrogen) atoms. The van der Waals surface area contributed by atoms with E-state index in [0.717, 1.165) is 0 Å². The van der Waals surface area contributed by atoms with Gasteiger partial charge in [0.25, 0.3) is 0 Å². The lowest BCUT2D eigenvalue weighted by molar-refractivity contribution is 0.397. The molecule has 5 heteroatoms. The predicted octanol–water partition coefficient (Wildman–Crippen LogP) is 0.880. The Balaban J connectivity index is 2.50. The van der Waals surface area contributed by atoms with Crippen LogP contribution in [0.5, 0.6) is 5.88 Å². The summed E-state index contributed by atoms with van der Waals surface area (Å²) in [6.07, 6.45) is 1.65. The Bertz CT molecular complexity index is 303. The molecule has 1 atom stereocenters. The van der Waals surface area contributed by atoms with Crippen LogP contribution < -0.4 is 15.8 Å². The summed E-state index contributed by atoms with van der Waals surface area (Å²) in [5.41, 5.74) is 5.89. The van der Waals surface area contributed by atoms with Crippen LogP contribution in [0, 0.1) is 5.92 Å². The number of rotatable bonds is 5. The zero-order valence-corrected chi connectivity index (χ0v) is 9.40. The van der Waals surface area contributed by atoms with Crippen LogP contribution in [0.25, 0.3) is 0 Å². The lowest BCUT2D eigenvalue weighted by atomic mass is 10.1. The summed E-state index contributed by atoms with van der Waals surface area (Å²) in [6.45, 7) is 4.82. The van der Waals surface area contributed by atoms with Crippen LogP contribution in [0.3, 0.4) is 0 Å². The summed E-state index contributed by atoms with van der Waals surface area (Å²) in [7, 11) is 1.58. The van der Waals surface area contributed by atoms with E-state index in [1.54, 1.807) is 19.4 Å². The smallest absolute Gasteiger partial charge is 0.225 e. The van der Waals surface area contributed by atoms with Gasteiger partial charge in [0.2, 0.25) is 11.8 Å². The summed E-state index contributed by atoms with van der Waals surface area (Å²) in [5, 5.41) is 3.07. The van der Waals surface area contributed by atoms with Crippen molar-refractivity contribution in [3.8, 4) is 5.88 Å². The average Bonchev–Trinajstić information content (AvgIpc) is 2.26. The van der Waals surface area contributed by atoms with Gasteiger partial charge in [-0.05, 0) is 5.92 Å². The number of ether oxygens (including phenoxy) is 1. The quantitative estimate of drug-likeness (QED) is 0.754. The van der Waals surface area contributed by atoms with E-state index in [1.807, 2.05) is 0 Å². The average molecular weight is 210 g/mol. The van der Waals surface area contributed by atoms with Crippen LogP contribution in [0.4, 0.5) is 5.95 Å². The molecule has 0 fully saturated rings. The second-order valence-corrected chi connectivity index (χ2v) is 3.71. The summed E-state index contributed by atoms with van der Waals surface area (Å²) in [6, 6.07) is 1.80. The van der Waals surface area contributed by atoms with Crippen molar-refractivity contribution in [3.63, 3.8) is 0 Å². The maximum atomic E-state index is 5.89. The number of methoxy groups -OCH3 is 1. The van der Waals surface area contributed by atoms with Crippen molar-refractivity contribution in [2.24, 2.45) is 11.7 Å². The van der Waals surface area contributed by atoms with Gasteiger partial charge in [-0.3, -0.25) is 0 Å². The fourth-order valence-electron chi connectivity index (χ4n) is 0.986. The molecule has 3 N–H and O–H groups in total. The van der Waals surface area contributed by atoms with Gasteiger partial charge >= 0.3 is 0 Å². The Hall–Kier alpha value is -1.36. The molecule has 0 spiro atoms. The number of anilines is 1.